The summed E-state index contributed by atoms with van der Waals surface area (Å²) in [4.78, 5) is 24.8. The van der Waals surface area contributed by atoms with Crippen LogP contribution in [0.25, 0.3) is 0 Å². The van der Waals surface area contributed by atoms with E-state index in [-0.39, 0.29) is 12.6 Å². The lowest BCUT2D eigenvalue weighted by Crippen LogP contribution is -2.50. The summed E-state index contributed by atoms with van der Waals surface area (Å²) < 4.78 is 51.8. The van der Waals surface area contributed by atoms with E-state index in [0.717, 1.165) is 0 Å². The average molecular weight is 347 g/mol. The number of alkyl halides is 3. The van der Waals surface area contributed by atoms with E-state index in [1.165, 1.54) is 4.90 Å². The van der Waals surface area contributed by atoms with Gasteiger partial charge in [0, 0.05) is 12.6 Å². The normalized spacial score (nSPS) is 21.5. The Kier molecular flexibility index (Phi) is 5.00. The molecule has 24 heavy (non-hydrogen) atoms. The van der Waals surface area contributed by atoms with E-state index >= 15 is 0 Å². The van der Waals surface area contributed by atoms with Gasteiger partial charge in [-0.15, -0.1) is 0 Å². The van der Waals surface area contributed by atoms with Gasteiger partial charge in [-0.3, -0.25) is 4.79 Å². The molecule has 0 saturated carbocycles. The van der Waals surface area contributed by atoms with Crippen molar-refractivity contribution >= 4 is 17.6 Å². The first-order chi connectivity index (χ1) is 11.1. The summed E-state index contributed by atoms with van der Waals surface area (Å²) >= 11 is 0. The maximum absolute atomic E-state index is 13.7. The van der Waals surface area contributed by atoms with Gasteiger partial charge in [0.15, 0.2) is 0 Å². The molecule has 0 aliphatic carbocycles. The number of halogens is 4. The second-order valence-electron chi connectivity index (χ2n) is 5.80. The van der Waals surface area contributed by atoms with Crippen LogP contribution in [0.5, 0.6) is 0 Å². The molecule has 132 valence electrons. The first-order valence-corrected chi connectivity index (χ1v) is 7.33. The van der Waals surface area contributed by atoms with Crippen molar-refractivity contribution in [2.45, 2.75) is 32.0 Å². The van der Waals surface area contributed by atoms with Gasteiger partial charge in [0.2, 0.25) is 5.91 Å². The Morgan fingerprint density at radius 2 is 1.96 bits per heavy atom. The molecule has 0 unspecified atom stereocenters. The van der Waals surface area contributed by atoms with Crippen molar-refractivity contribution in [1.29, 1.82) is 0 Å². The molecule has 2 atom stereocenters. The van der Waals surface area contributed by atoms with Gasteiger partial charge in [-0.05, 0) is 38.0 Å². The van der Waals surface area contributed by atoms with E-state index in [0.29, 0.717) is 31.0 Å². The van der Waals surface area contributed by atoms with E-state index in [4.69, 9.17) is 5.73 Å². The zero-order valence-corrected chi connectivity index (χ0v) is 12.9. The molecule has 0 aromatic heterocycles. The van der Waals surface area contributed by atoms with E-state index < -0.39 is 41.1 Å². The van der Waals surface area contributed by atoms with Gasteiger partial charge in [0.25, 0.3) is 0 Å². The molecule has 0 spiro atoms. The largest absolute Gasteiger partial charge is 0.416 e. The van der Waals surface area contributed by atoms with Crippen LogP contribution in [0.4, 0.5) is 28.0 Å². The van der Waals surface area contributed by atoms with Crippen LogP contribution in [0, 0.1) is 11.7 Å². The Bertz CT molecular complexity index is 648. The third-order valence-electron chi connectivity index (χ3n) is 4.08. The number of likely N-dealkylation sites (tertiary alicyclic amines) is 1. The van der Waals surface area contributed by atoms with Crippen molar-refractivity contribution in [3.8, 4) is 0 Å². The molecular formula is C15H17F4N3O2. The summed E-state index contributed by atoms with van der Waals surface area (Å²) in [5.41, 5.74) is 3.60. The third kappa shape index (κ3) is 3.95. The van der Waals surface area contributed by atoms with Crippen LogP contribution >= 0.6 is 0 Å². The monoisotopic (exact) mass is 347 g/mol. The number of carbonyl (C=O) groups excluding carboxylic acids is 2. The van der Waals surface area contributed by atoms with Gasteiger partial charge in [0.05, 0.1) is 17.2 Å². The van der Waals surface area contributed by atoms with Crippen LogP contribution in [-0.2, 0) is 11.0 Å². The molecule has 1 fully saturated rings. The fraction of sp³-hybridized carbons (Fsp3) is 0.467. The minimum atomic E-state index is -4.65. The van der Waals surface area contributed by atoms with E-state index in [2.05, 4.69) is 5.32 Å². The molecule has 1 heterocycles. The van der Waals surface area contributed by atoms with Crippen LogP contribution < -0.4 is 11.1 Å². The van der Waals surface area contributed by atoms with Crippen LogP contribution in [0.3, 0.4) is 0 Å². The summed E-state index contributed by atoms with van der Waals surface area (Å²) in [6, 6.07) is 0.760. The molecular weight excluding hydrogens is 330 g/mol. The zero-order chi connectivity index (χ0) is 18.1. The molecule has 1 aliphatic heterocycles. The number of amides is 3. The fourth-order valence-electron chi connectivity index (χ4n) is 2.61. The standard InChI is InChI=1S/C15H17F4N3O2/c1-8-2-3-9(13(20)23)7-22(8)14(24)21-12-6-10(15(17,18)19)4-5-11(12)16/h4-6,8-9H,2-3,7H2,1H3,(H2,20,23)(H,21,24)/t8-,9+/m0/s1. The van der Waals surface area contributed by atoms with E-state index in [9.17, 15) is 27.2 Å². The highest BCUT2D eigenvalue weighted by Gasteiger charge is 2.33. The number of nitrogens with zero attached hydrogens (tertiary/aromatic N) is 1. The zero-order valence-electron chi connectivity index (χ0n) is 12.9. The maximum Gasteiger partial charge on any atom is 0.416 e. The molecule has 1 saturated heterocycles. The highest BCUT2D eigenvalue weighted by Crippen LogP contribution is 2.32. The van der Waals surface area contributed by atoms with Crippen molar-refractivity contribution in [1.82, 2.24) is 4.90 Å². The lowest BCUT2D eigenvalue weighted by Gasteiger charge is -2.36. The molecule has 1 aromatic carbocycles. The van der Waals surface area contributed by atoms with Crippen molar-refractivity contribution in [3.05, 3.63) is 29.6 Å². The number of hydrogen-bond donors (Lipinski definition) is 2. The quantitative estimate of drug-likeness (QED) is 0.807. The first-order valence-electron chi connectivity index (χ1n) is 7.33. The summed E-state index contributed by atoms with van der Waals surface area (Å²) in [6.45, 7) is 1.78. The molecule has 1 aliphatic rings. The van der Waals surface area contributed by atoms with Gasteiger partial charge in [-0.25, -0.2) is 9.18 Å². The smallest absolute Gasteiger partial charge is 0.369 e. The molecule has 0 bridgehead atoms. The number of nitrogens with two attached hydrogens (primary N) is 1. The van der Waals surface area contributed by atoms with Gasteiger partial charge >= 0.3 is 12.2 Å². The minimum absolute atomic E-state index is 0.0446. The Labute approximate surface area is 135 Å². The molecule has 3 N–H and O–H groups in total. The Morgan fingerprint density at radius 3 is 2.54 bits per heavy atom. The Balaban J connectivity index is 2.18. The molecule has 2 rings (SSSR count). The summed E-state index contributed by atoms with van der Waals surface area (Å²) in [6.07, 6.45) is -3.60. The van der Waals surface area contributed by atoms with E-state index in [1.54, 1.807) is 6.92 Å². The van der Waals surface area contributed by atoms with Gasteiger partial charge in [-0.2, -0.15) is 13.2 Å². The van der Waals surface area contributed by atoms with Crippen molar-refractivity contribution < 1.29 is 27.2 Å². The minimum Gasteiger partial charge on any atom is -0.369 e. The highest BCUT2D eigenvalue weighted by atomic mass is 19.4. The molecule has 5 nitrogen and oxygen atoms in total. The summed E-state index contributed by atoms with van der Waals surface area (Å²) in [7, 11) is 0. The number of anilines is 1. The number of benzene rings is 1. The van der Waals surface area contributed by atoms with Gasteiger partial charge in [0.1, 0.15) is 5.82 Å². The van der Waals surface area contributed by atoms with Gasteiger partial charge in [-0.1, -0.05) is 0 Å². The number of urea groups is 1. The summed E-state index contributed by atoms with van der Waals surface area (Å²) in [5.74, 6) is -2.06. The molecule has 9 heteroatoms. The number of primary amides is 1. The number of nitrogens with one attached hydrogen (secondary N) is 1. The maximum atomic E-state index is 13.7. The molecule has 0 radical (unpaired) electrons. The van der Waals surface area contributed by atoms with Crippen LogP contribution in [0.15, 0.2) is 18.2 Å². The lowest BCUT2D eigenvalue weighted by atomic mass is 9.93. The first kappa shape index (κ1) is 18.0. The van der Waals surface area contributed by atoms with Crippen molar-refractivity contribution in [2.24, 2.45) is 11.7 Å². The van der Waals surface area contributed by atoms with Crippen molar-refractivity contribution in [2.75, 3.05) is 11.9 Å². The second kappa shape index (κ2) is 6.66. The average Bonchev–Trinajstić information content (AvgIpc) is 2.48. The SMILES string of the molecule is C[C@H]1CC[C@@H](C(N)=O)CN1C(=O)Nc1cc(C(F)(F)F)ccc1F. The van der Waals surface area contributed by atoms with E-state index in [1.807, 2.05) is 0 Å². The summed E-state index contributed by atoms with van der Waals surface area (Å²) in [5, 5.41) is 2.14. The molecule has 3 amide bonds. The fourth-order valence-corrected chi connectivity index (χ4v) is 2.61. The van der Waals surface area contributed by atoms with Gasteiger partial charge < -0.3 is 16.0 Å². The Morgan fingerprint density at radius 1 is 1.29 bits per heavy atom. The lowest BCUT2D eigenvalue weighted by molar-refractivity contribution is -0.137. The Hall–Kier alpha value is -2.32. The van der Waals surface area contributed by atoms with Crippen LogP contribution in [0.1, 0.15) is 25.3 Å². The topological polar surface area (TPSA) is 75.4 Å². The molecule has 1 aromatic rings. The third-order valence-corrected chi connectivity index (χ3v) is 4.08. The van der Waals surface area contributed by atoms with Crippen LogP contribution in [0.2, 0.25) is 0 Å². The number of piperidine rings is 1. The van der Waals surface area contributed by atoms with Crippen molar-refractivity contribution in [3.63, 3.8) is 0 Å². The number of hydrogen-bond acceptors (Lipinski definition) is 2. The highest BCUT2D eigenvalue weighted by molar-refractivity contribution is 5.90. The predicted octanol–water partition coefficient (Wildman–Crippen LogP) is 2.96. The predicted molar refractivity (Wildman–Crippen MR) is 78.5 cm³/mol. The second-order valence-corrected chi connectivity index (χ2v) is 5.80. The number of rotatable bonds is 2. The van der Waals surface area contributed by atoms with Crippen LogP contribution in [-0.4, -0.2) is 29.4 Å². The number of carbonyl (C=O) groups is 2.